The van der Waals surface area contributed by atoms with E-state index in [0.717, 1.165) is 25.6 Å². The van der Waals surface area contributed by atoms with Gasteiger partial charge in [-0.2, -0.15) is 0 Å². The Kier molecular flexibility index (Phi) is 5.26. The van der Waals surface area contributed by atoms with E-state index < -0.39 is 0 Å². The number of nitrogens with one attached hydrogen (secondary N) is 1. The molecule has 2 aromatic rings. The minimum Gasteiger partial charge on any atom is -0.355 e. The van der Waals surface area contributed by atoms with E-state index in [4.69, 9.17) is 0 Å². The van der Waals surface area contributed by atoms with Gasteiger partial charge in [0.2, 0.25) is 0 Å². The second-order valence-corrected chi connectivity index (χ2v) is 8.80. The monoisotopic (exact) mass is 429 g/mol. The van der Waals surface area contributed by atoms with Crippen LogP contribution < -0.4 is 5.32 Å². The quantitative estimate of drug-likeness (QED) is 0.592. The Hall–Kier alpha value is -1.82. The highest BCUT2D eigenvalue weighted by Crippen LogP contribution is 2.49. The number of hydrogen-bond donors (Lipinski definition) is 1. The summed E-state index contributed by atoms with van der Waals surface area (Å²) in [4.78, 5) is 11.2. The number of halogens is 1. The van der Waals surface area contributed by atoms with Crippen molar-refractivity contribution < 1.29 is 0 Å². The topological polar surface area (TPSA) is 45.5 Å². The third-order valence-corrected chi connectivity index (χ3v) is 6.91. The lowest BCUT2D eigenvalue weighted by Crippen LogP contribution is -2.50. The summed E-state index contributed by atoms with van der Waals surface area (Å²) in [6.45, 7) is 5.29. The van der Waals surface area contributed by atoms with Crippen LogP contribution in [0.3, 0.4) is 0 Å². The fraction of sp³-hybridized carbons (Fsp3) is 0.524. The van der Waals surface area contributed by atoms with Crippen LogP contribution >= 0.6 is 15.9 Å². The van der Waals surface area contributed by atoms with Crippen LogP contribution in [0.1, 0.15) is 37.8 Å². The third-order valence-electron chi connectivity index (χ3n) is 6.22. The molecule has 0 radical (unpaired) electrons. The molecular formula is C21H28BrN5. The number of imidazole rings is 1. The molecule has 1 aromatic carbocycles. The molecule has 5 nitrogen and oxygen atoms in total. The van der Waals surface area contributed by atoms with Crippen LogP contribution in [0.4, 0.5) is 0 Å². The summed E-state index contributed by atoms with van der Waals surface area (Å²) in [5.74, 6) is 1.66. The fourth-order valence-corrected chi connectivity index (χ4v) is 4.96. The van der Waals surface area contributed by atoms with Crippen molar-refractivity contribution >= 4 is 21.9 Å². The number of aromatic nitrogens is 2. The molecule has 0 spiro atoms. The Balaban J connectivity index is 1.43. The van der Waals surface area contributed by atoms with Crippen LogP contribution in [0.5, 0.6) is 0 Å². The number of piperidine rings is 1. The molecule has 0 amide bonds. The maximum atomic E-state index is 4.59. The summed E-state index contributed by atoms with van der Waals surface area (Å²) < 4.78 is 3.46. The van der Waals surface area contributed by atoms with Crippen LogP contribution in [0, 0.1) is 5.92 Å². The molecule has 2 fully saturated rings. The van der Waals surface area contributed by atoms with Gasteiger partial charge in [0.15, 0.2) is 5.96 Å². The van der Waals surface area contributed by atoms with Crippen molar-refractivity contribution in [1.82, 2.24) is 19.8 Å². The Labute approximate surface area is 170 Å². The van der Waals surface area contributed by atoms with Gasteiger partial charge in [0.05, 0.1) is 12.4 Å². The highest BCUT2D eigenvalue weighted by atomic mass is 79.9. The van der Waals surface area contributed by atoms with Crippen LogP contribution in [0.2, 0.25) is 0 Å². The highest BCUT2D eigenvalue weighted by molar-refractivity contribution is 9.10. The lowest BCUT2D eigenvalue weighted by Gasteiger charge is -2.39. The van der Waals surface area contributed by atoms with E-state index in [-0.39, 0.29) is 5.41 Å². The molecule has 0 bridgehead atoms. The average Bonchev–Trinajstić information content (AvgIpc) is 3.26. The molecule has 1 aliphatic carbocycles. The van der Waals surface area contributed by atoms with Gasteiger partial charge < -0.3 is 14.8 Å². The molecular weight excluding hydrogens is 402 g/mol. The molecule has 1 saturated heterocycles. The van der Waals surface area contributed by atoms with E-state index in [1.54, 1.807) is 0 Å². The second-order valence-electron chi connectivity index (χ2n) is 7.95. The molecule has 1 saturated carbocycles. The number of hydrogen-bond acceptors (Lipinski definition) is 2. The Morgan fingerprint density at radius 1 is 1.37 bits per heavy atom. The largest absolute Gasteiger partial charge is 0.355 e. The molecule has 1 aromatic heterocycles. The molecule has 6 heteroatoms. The molecule has 2 heterocycles. The van der Waals surface area contributed by atoms with E-state index in [0.29, 0.717) is 12.0 Å². The first-order valence-electron chi connectivity index (χ1n) is 9.81. The van der Waals surface area contributed by atoms with Gasteiger partial charge in [-0.15, -0.1) is 0 Å². The lowest BCUT2D eigenvalue weighted by molar-refractivity contribution is 0.189. The first kappa shape index (κ1) is 18.5. The zero-order valence-electron chi connectivity index (χ0n) is 16.1. The first-order valence-corrected chi connectivity index (χ1v) is 10.6. The van der Waals surface area contributed by atoms with Crippen molar-refractivity contribution in [2.45, 2.75) is 37.6 Å². The van der Waals surface area contributed by atoms with Gasteiger partial charge in [0.25, 0.3) is 0 Å². The lowest BCUT2D eigenvalue weighted by atomic mass is 9.93. The maximum Gasteiger partial charge on any atom is 0.193 e. The van der Waals surface area contributed by atoms with Crippen molar-refractivity contribution in [2.75, 3.05) is 26.7 Å². The van der Waals surface area contributed by atoms with Gasteiger partial charge in [-0.25, -0.2) is 4.98 Å². The van der Waals surface area contributed by atoms with E-state index in [1.165, 1.54) is 29.3 Å². The molecule has 27 heavy (non-hydrogen) atoms. The summed E-state index contributed by atoms with van der Waals surface area (Å²) >= 11 is 3.73. The summed E-state index contributed by atoms with van der Waals surface area (Å²) in [6, 6.07) is 9.06. The Bertz CT molecular complexity index is 797. The van der Waals surface area contributed by atoms with Crippen molar-refractivity contribution in [1.29, 1.82) is 0 Å². The number of guanidine groups is 1. The summed E-state index contributed by atoms with van der Waals surface area (Å²) in [6.07, 6.45) is 9.51. The molecule has 4 rings (SSSR count). The molecule has 1 N–H and O–H groups in total. The fourth-order valence-electron chi connectivity index (χ4n) is 4.26. The summed E-state index contributed by atoms with van der Waals surface area (Å²) in [7, 11) is 1.89. The van der Waals surface area contributed by atoms with Crippen molar-refractivity contribution in [2.24, 2.45) is 10.9 Å². The van der Waals surface area contributed by atoms with E-state index in [9.17, 15) is 0 Å². The van der Waals surface area contributed by atoms with Gasteiger partial charge in [-0.1, -0.05) is 41.1 Å². The summed E-state index contributed by atoms with van der Waals surface area (Å²) in [5, 5.41) is 3.68. The molecule has 2 aliphatic rings. The van der Waals surface area contributed by atoms with Crippen molar-refractivity contribution in [3.05, 3.63) is 53.0 Å². The SMILES string of the molecule is CN=C(NCC1(c2ccccc2Br)CC1)N1CCC(C)C(n2ccnc2)C1. The predicted molar refractivity (Wildman–Crippen MR) is 113 cm³/mol. The number of aliphatic imine (C=N–C) groups is 1. The minimum atomic E-state index is 0.239. The van der Waals surface area contributed by atoms with Gasteiger partial charge in [-0.05, 0) is 36.8 Å². The maximum absolute atomic E-state index is 4.59. The van der Waals surface area contributed by atoms with Crippen LogP contribution in [-0.4, -0.2) is 47.1 Å². The van der Waals surface area contributed by atoms with Gasteiger partial charge in [-0.3, -0.25) is 4.99 Å². The standard InChI is InChI=1S/C21H28BrN5/c1-16-7-11-26(13-19(16)27-12-10-24-15-27)20(23-2)25-14-21(8-9-21)17-5-3-4-6-18(17)22/h3-6,10,12,15-16,19H,7-9,11,13-14H2,1-2H3,(H,23,25). The number of nitrogens with zero attached hydrogens (tertiary/aromatic N) is 4. The highest BCUT2D eigenvalue weighted by Gasteiger charge is 2.45. The van der Waals surface area contributed by atoms with Crippen LogP contribution in [-0.2, 0) is 5.41 Å². The Morgan fingerprint density at radius 2 is 2.19 bits per heavy atom. The van der Waals surface area contributed by atoms with Gasteiger partial charge in [0, 0.05) is 49.0 Å². The predicted octanol–water partition coefficient (Wildman–Crippen LogP) is 3.84. The van der Waals surface area contributed by atoms with E-state index in [2.05, 4.69) is 78.1 Å². The zero-order valence-corrected chi connectivity index (χ0v) is 17.7. The number of rotatable bonds is 4. The smallest absolute Gasteiger partial charge is 0.193 e. The van der Waals surface area contributed by atoms with Crippen molar-refractivity contribution in [3.8, 4) is 0 Å². The van der Waals surface area contributed by atoms with E-state index in [1.807, 2.05) is 19.6 Å². The molecule has 144 valence electrons. The molecule has 1 aliphatic heterocycles. The van der Waals surface area contributed by atoms with E-state index >= 15 is 0 Å². The average molecular weight is 430 g/mol. The van der Waals surface area contributed by atoms with Gasteiger partial charge >= 0.3 is 0 Å². The Morgan fingerprint density at radius 3 is 2.85 bits per heavy atom. The van der Waals surface area contributed by atoms with Crippen molar-refractivity contribution in [3.63, 3.8) is 0 Å². The molecule has 2 atom stereocenters. The summed E-state index contributed by atoms with van der Waals surface area (Å²) in [5.41, 5.74) is 1.65. The second kappa shape index (κ2) is 7.66. The van der Waals surface area contributed by atoms with Crippen LogP contribution in [0.15, 0.2) is 52.5 Å². The normalized spacial score (nSPS) is 24.7. The zero-order chi connectivity index (χ0) is 18.9. The first-order chi connectivity index (χ1) is 13.1. The van der Waals surface area contributed by atoms with Crippen LogP contribution in [0.25, 0.3) is 0 Å². The number of likely N-dealkylation sites (tertiary alicyclic amines) is 1. The minimum absolute atomic E-state index is 0.239. The third kappa shape index (κ3) is 3.77. The van der Waals surface area contributed by atoms with Gasteiger partial charge in [0.1, 0.15) is 0 Å². The number of benzene rings is 1. The molecule has 2 unspecified atom stereocenters.